The Morgan fingerprint density at radius 3 is 2.60 bits per heavy atom. The van der Waals surface area contributed by atoms with Crippen molar-refractivity contribution < 1.29 is 18.8 Å². The minimum Gasteiger partial charge on any atom is -0.364 e. The van der Waals surface area contributed by atoms with E-state index in [-0.39, 0.29) is 25.2 Å². The first-order valence-corrected chi connectivity index (χ1v) is 13.6. The highest BCUT2D eigenvalue weighted by Gasteiger charge is 2.40. The molecule has 212 valence electrons. The third-order valence-corrected chi connectivity index (χ3v) is 7.69. The highest BCUT2D eigenvalue weighted by molar-refractivity contribution is 6.05. The highest BCUT2D eigenvalue weighted by atomic mass is 19.1. The monoisotopic (exact) mass is 565 g/mol. The van der Waals surface area contributed by atoms with Gasteiger partial charge in [0.2, 0.25) is 11.8 Å². The van der Waals surface area contributed by atoms with Crippen LogP contribution in [0.25, 0.3) is 27.6 Å². The maximum absolute atomic E-state index is 14.7. The van der Waals surface area contributed by atoms with E-state index in [0.717, 1.165) is 27.8 Å². The van der Waals surface area contributed by atoms with Crippen molar-refractivity contribution in [1.29, 1.82) is 0 Å². The predicted molar refractivity (Wildman–Crippen MR) is 154 cm³/mol. The lowest BCUT2D eigenvalue weighted by molar-refractivity contribution is -0.138. The Hall–Kier alpha value is -5.19. The lowest BCUT2D eigenvalue weighted by Crippen LogP contribution is -2.46. The summed E-state index contributed by atoms with van der Waals surface area (Å²) < 4.78 is 16.0. The fourth-order valence-corrected chi connectivity index (χ4v) is 5.68. The number of hydrogen-bond donors (Lipinski definition) is 2. The van der Waals surface area contributed by atoms with Crippen LogP contribution in [0.3, 0.4) is 0 Å². The van der Waals surface area contributed by atoms with Crippen LogP contribution in [0.2, 0.25) is 0 Å². The molecule has 0 saturated carbocycles. The van der Waals surface area contributed by atoms with Gasteiger partial charge in [-0.2, -0.15) is 15.3 Å². The van der Waals surface area contributed by atoms with Crippen LogP contribution in [-0.4, -0.2) is 61.4 Å². The van der Waals surface area contributed by atoms with Crippen molar-refractivity contribution >= 4 is 34.2 Å². The van der Waals surface area contributed by atoms with Gasteiger partial charge in [0.25, 0.3) is 5.91 Å². The SMILES string of the molecule is CC1=C(c2ccccc2)C(NC(=O)C2CC(F)CN2C(=O)Cn2nc(C(N)=O)c3cc(-c4ccnnc4)ccc32)=CC1. The second kappa shape index (κ2) is 11.0. The zero-order valence-corrected chi connectivity index (χ0v) is 22.8. The van der Waals surface area contributed by atoms with Gasteiger partial charge in [-0.3, -0.25) is 19.1 Å². The number of fused-ring (bicyclic) bond motifs is 1. The molecule has 2 aromatic carbocycles. The Balaban J connectivity index is 1.23. The quantitative estimate of drug-likeness (QED) is 0.353. The number of amides is 3. The smallest absolute Gasteiger partial charge is 0.269 e. The third kappa shape index (κ3) is 5.05. The number of likely N-dealkylation sites (tertiary alicyclic amines) is 1. The van der Waals surface area contributed by atoms with Gasteiger partial charge in [0, 0.05) is 28.6 Å². The summed E-state index contributed by atoms with van der Waals surface area (Å²) >= 11 is 0. The Bertz CT molecular complexity index is 1770. The summed E-state index contributed by atoms with van der Waals surface area (Å²) in [6.45, 7) is 1.50. The predicted octanol–water partition coefficient (Wildman–Crippen LogP) is 3.41. The second-order valence-electron chi connectivity index (χ2n) is 10.5. The minimum absolute atomic E-state index is 0.00418. The second-order valence-corrected chi connectivity index (χ2v) is 10.5. The fraction of sp³-hybridized carbons (Fsp3) is 0.226. The number of halogens is 1. The molecule has 42 heavy (non-hydrogen) atoms. The molecule has 0 spiro atoms. The van der Waals surface area contributed by atoms with Gasteiger partial charge in [0.15, 0.2) is 5.69 Å². The van der Waals surface area contributed by atoms with Crippen LogP contribution in [0.4, 0.5) is 4.39 Å². The standard InChI is InChI=1S/C31H28FN7O3/c1-18-7-9-24(28(18)19-5-3-2-4-6-19)36-31(42)26-14-22(32)16-38(26)27(40)17-39-25-10-8-20(21-11-12-34-35-15-21)13-23(25)29(37-39)30(33)41/h2-6,8-13,15,22,26H,7,14,16-17H2,1H3,(H2,33,41)(H,36,42). The molecule has 6 rings (SSSR count). The van der Waals surface area contributed by atoms with E-state index in [1.165, 1.54) is 9.58 Å². The number of allylic oxidation sites excluding steroid dienone is 3. The number of nitrogens with zero attached hydrogens (tertiary/aromatic N) is 5. The largest absolute Gasteiger partial charge is 0.364 e. The van der Waals surface area contributed by atoms with Crippen molar-refractivity contribution in [3.8, 4) is 11.1 Å². The van der Waals surface area contributed by atoms with Crippen LogP contribution in [0.1, 0.15) is 35.8 Å². The maximum atomic E-state index is 14.7. The molecule has 2 unspecified atom stereocenters. The maximum Gasteiger partial charge on any atom is 0.269 e. The zero-order chi connectivity index (χ0) is 29.4. The summed E-state index contributed by atoms with van der Waals surface area (Å²) in [5, 5.41) is 15.4. The Kier molecular flexibility index (Phi) is 7.07. The molecule has 1 aliphatic heterocycles. The van der Waals surface area contributed by atoms with Gasteiger partial charge in [-0.1, -0.05) is 48.0 Å². The van der Waals surface area contributed by atoms with Crippen LogP contribution in [0.15, 0.2) is 84.3 Å². The van der Waals surface area contributed by atoms with Crippen molar-refractivity contribution in [3.05, 3.63) is 95.6 Å². The molecule has 2 atom stereocenters. The number of nitrogens with one attached hydrogen (secondary N) is 1. The minimum atomic E-state index is -1.35. The molecule has 1 fully saturated rings. The fourth-order valence-electron chi connectivity index (χ4n) is 5.68. The van der Waals surface area contributed by atoms with E-state index in [4.69, 9.17) is 5.73 Å². The van der Waals surface area contributed by atoms with Gasteiger partial charge in [-0.25, -0.2) is 4.39 Å². The lowest BCUT2D eigenvalue weighted by atomic mass is 10.0. The summed E-state index contributed by atoms with van der Waals surface area (Å²) in [7, 11) is 0. The number of carbonyl (C=O) groups excluding carboxylic acids is 3. The van der Waals surface area contributed by atoms with Gasteiger partial charge in [0.1, 0.15) is 18.8 Å². The molecule has 2 aromatic heterocycles. The Morgan fingerprint density at radius 2 is 1.86 bits per heavy atom. The van der Waals surface area contributed by atoms with E-state index in [2.05, 4.69) is 20.6 Å². The van der Waals surface area contributed by atoms with E-state index in [0.29, 0.717) is 23.0 Å². The Morgan fingerprint density at radius 1 is 1.05 bits per heavy atom. The topological polar surface area (TPSA) is 136 Å². The molecule has 11 heteroatoms. The molecule has 0 bridgehead atoms. The molecule has 3 N–H and O–H groups in total. The van der Waals surface area contributed by atoms with Crippen molar-refractivity contribution in [2.45, 2.75) is 38.5 Å². The van der Waals surface area contributed by atoms with E-state index in [1.807, 2.05) is 49.4 Å². The van der Waals surface area contributed by atoms with Crippen LogP contribution in [-0.2, 0) is 16.1 Å². The normalized spacial score (nSPS) is 18.4. The first-order valence-electron chi connectivity index (χ1n) is 13.6. The molecule has 3 heterocycles. The number of carbonyl (C=O) groups is 3. The summed E-state index contributed by atoms with van der Waals surface area (Å²) in [4.78, 5) is 40.5. The summed E-state index contributed by atoms with van der Waals surface area (Å²) in [6, 6.07) is 15.8. The number of rotatable bonds is 7. The number of aromatic nitrogens is 4. The summed E-state index contributed by atoms with van der Waals surface area (Å²) in [5.41, 5.74) is 11.3. The molecule has 3 amide bonds. The van der Waals surface area contributed by atoms with Crippen LogP contribution < -0.4 is 11.1 Å². The van der Waals surface area contributed by atoms with E-state index < -0.39 is 29.9 Å². The third-order valence-electron chi connectivity index (χ3n) is 7.69. The van der Waals surface area contributed by atoms with Crippen molar-refractivity contribution in [3.63, 3.8) is 0 Å². The highest BCUT2D eigenvalue weighted by Crippen LogP contribution is 2.33. The molecule has 0 radical (unpaired) electrons. The first kappa shape index (κ1) is 27.0. The van der Waals surface area contributed by atoms with Gasteiger partial charge < -0.3 is 16.0 Å². The van der Waals surface area contributed by atoms with E-state index >= 15 is 0 Å². The van der Waals surface area contributed by atoms with E-state index in [1.54, 1.807) is 30.6 Å². The number of benzene rings is 2. The molecule has 10 nitrogen and oxygen atoms in total. The molecule has 4 aromatic rings. The van der Waals surface area contributed by atoms with Gasteiger partial charge in [0.05, 0.1) is 24.5 Å². The molecular weight excluding hydrogens is 537 g/mol. The van der Waals surface area contributed by atoms with Crippen LogP contribution in [0.5, 0.6) is 0 Å². The molecule has 2 aliphatic rings. The van der Waals surface area contributed by atoms with Crippen molar-refractivity contribution in [1.82, 2.24) is 30.2 Å². The lowest BCUT2D eigenvalue weighted by Gasteiger charge is -2.24. The molecular formula is C31H28FN7O3. The molecule has 1 saturated heterocycles. The number of primary amides is 1. The van der Waals surface area contributed by atoms with E-state index in [9.17, 15) is 18.8 Å². The average Bonchev–Trinajstić information content (AvgIpc) is 3.68. The first-order chi connectivity index (χ1) is 20.3. The Labute approximate surface area is 240 Å². The number of hydrogen-bond acceptors (Lipinski definition) is 6. The summed E-state index contributed by atoms with van der Waals surface area (Å²) in [6.07, 6.45) is 4.31. The average molecular weight is 566 g/mol. The molecule has 1 aliphatic carbocycles. The van der Waals surface area contributed by atoms with Crippen molar-refractivity contribution in [2.75, 3.05) is 6.54 Å². The van der Waals surface area contributed by atoms with Gasteiger partial charge >= 0.3 is 0 Å². The van der Waals surface area contributed by atoms with Gasteiger partial charge in [-0.05, 0) is 42.7 Å². The summed E-state index contributed by atoms with van der Waals surface area (Å²) in [5.74, 6) is -1.69. The number of alkyl halides is 1. The van der Waals surface area contributed by atoms with Crippen LogP contribution in [0, 0.1) is 0 Å². The van der Waals surface area contributed by atoms with Crippen LogP contribution >= 0.6 is 0 Å². The van der Waals surface area contributed by atoms with Gasteiger partial charge in [-0.15, -0.1) is 0 Å². The number of nitrogens with two attached hydrogens (primary N) is 1. The van der Waals surface area contributed by atoms with Crippen molar-refractivity contribution in [2.24, 2.45) is 5.73 Å². The zero-order valence-electron chi connectivity index (χ0n) is 22.8.